The highest BCUT2D eigenvalue weighted by Crippen LogP contribution is 2.47. The largest absolute Gasteiger partial charge is 0.496 e. The van der Waals surface area contributed by atoms with Gasteiger partial charge in [-0.15, -0.1) is 0 Å². The van der Waals surface area contributed by atoms with E-state index in [2.05, 4.69) is 6.92 Å². The highest BCUT2D eigenvalue weighted by Gasteiger charge is 2.35. The summed E-state index contributed by atoms with van der Waals surface area (Å²) in [5, 5.41) is 0. The Labute approximate surface area is 159 Å². The third-order valence-electron chi connectivity index (χ3n) is 5.09. The van der Waals surface area contributed by atoms with Gasteiger partial charge in [-0.1, -0.05) is 6.07 Å². The second-order valence-corrected chi connectivity index (χ2v) is 6.36. The van der Waals surface area contributed by atoms with Gasteiger partial charge < -0.3 is 28.4 Å². The smallest absolute Gasteiger partial charge is 0.203 e. The third kappa shape index (κ3) is 3.42. The van der Waals surface area contributed by atoms with Crippen LogP contribution in [0.15, 0.2) is 24.3 Å². The maximum absolute atomic E-state index is 5.94. The minimum absolute atomic E-state index is 0.219. The first-order valence-corrected chi connectivity index (χ1v) is 8.72. The Morgan fingerprint density at radius 2 is 1.33 bits per heavy atom. The molecule has 1 heterocycles. The van der Waals surface area contributed by atoms with Gasteiger partial charge in [0.25, 0.3) is 0 Å². The van der Waals surface area contributed by atoms with E-state index < -0.39 is 0 Å². The van der Waals surface area contributed by atoms with Crippen LogP contribution >= 0.6 is 0 Å². The van der Waals surface area contributed by atoms with Crippen LogP contribution in [0, 0.1) is 13.8 Å². The molecule has 0 amide bonds. The summed E-state index contributed by atoms with van der Waals surface area (Å²) >= 11 is 0. The molecule has 1 aliphatic heterocycles. The Balaban J connectivity index is 2.04. The lowest BCUT2D eigenvalue weighted by molar-refractivity contribution is 0.0381. The molecule has 0 N–H and O–H groups in total. The topological polar surface area (TPSA) is 55.4 Å². The van der Waals surface area contributed by atoms with E-state index in [9.17, 15) is 0 Å². The zero-order valence-corrected chi connectivity index (χ0v) is 16.6. The summed E-state index contributed by atoms with van der Waals surface area (Å²) < 4.78 is 33.7. The van der Waals surface area contributed by atoms with Crippen LogP contribution in [-0.4, -0.2) is 35.2 Å². The molecule has 0 aromatic heterocycles. The van der Waals surface area contributed by atoms with Gasteiger partial charge in [0, 0.05) is 0 Å². The second-order valence-electron chi connectivity index (χ2n) is 6.36. The SMILES string of the molecule is COc1ccc([C@H]2OCO[C@@H]2c2cc(OC)c(OC)c(OC)c2)c(C)c1C. The average molecular weight is 374 g/mol. The molecule has 0 unspecified atom stereocenters. The van der Waals surface area contributed by atoms with Crippen molar-refractivity contribution in [3.8, 4) is 23.0 Å². The molecular formula is C21H26O6. The molecule has 6 heteroatoms. The van der Waals surface area contributed by atoms with E-state index in [4.69, 9.17) is 28.4 Å². The molecule has 0 bridgehead atoms. The van der Waals surface area contributed by atoms with Crippen LogP contribution in [0.3, 0.4) is 0 Å². The second kappa shape index (κ2) is 8.06. The first-order valence-electron chi connectivity index (χ1n) is 8.72. The lowest BCUT2D eigenvalue weighted by atomic mass is 9.92. The average Bonchev–Trinajstić information content (AvgIpc) is 3.18. The molecule has 2 atom stereocenters. The van der Waals surface area contributed by atoms with Crippen molar-refractivity contribution in [2.75, 3.05) is 35.2 Å². The predicted molar refractivity (Wildman–Crippen MR) is 101 cm³/mol. The molecule has 2 aromatic rings. The first-order chi connectivity index (χ1) is 13.0. The van der Waals surface area contributed by atoms with E-state index in [1.807, 2.05) is 31.2 Å². The number of ether oxygens (including phenoxy) is 6. The van der Waals surface area contributed by atoms with Crippen molar-refractivity contribution in [1.82, 2.24) is 0 Å². The van der Waals surface area contributed by atoms with Crippen molar-refractivity contribution in [2.24, 2.45) is 0 Å². The number of methoxy groups -OCH3 is 4. The van der Waals surface area contributed by atoms with E-state index in [1.165, 1.54) is 0 Å². The molecule has 0 aliphatic carbocycles. The summed E-state index contributed by atoms with van der Waals surface area (Å²) in [6.45, 7) is 4.33. The fraction of sp³-hybridized carbons (Fsp3) is 0.429. The van der Waals surface area contributed by atoms with Crippen LogP contribution in [0.4, 0.5) is 0 Å². The molecule has 1 fully saturated rings. The standard InChI is InChI=1S/C21H26O6/c1-12-13(2)16(22-3)8-7-15(12)20-19(26-11-27-20)14-9-17(23-4)21(25-6)18(10-14)24-5/h7-10,19-20H,11H2,1-6H3/t19-,20-/m1/s1. The number of benzene rings is 2. The summed E-state index contributed by atoms with van der Waals surface area (Å²) in [5.41, 5.74) is 4.20. The van der Waals surface area contributed by atoms with Gasteiger partial charge in [0.2, 0.25) is 5.75 Å². The molecule has 2 aromatic carbocycles. The van der Waals surface area contributed by atoms with E-state index in [0.717, 1.165) is 28.0 Å². The quantitative estimate of drug-likeness (QED) is 0.758. The Morgan fingerprint density at radius 1 is 0.741 bits per heavy atom. The monoisotopic (exact) mass is 374 g/mol. The fourth-order valence-electron chi connectivity index (χ4n) is 3.50. The van der Waals surface area contributed by atoms with E-state index in [1.54, 1.807) is 28.4 Å². The molecule has 0 saturated carbocycles. The van der Waals surface area contributed by atoms with Gasteiger partial charge >= 0.3 is 0 Å². The zero-order valence-electron chi connectivity index (χ0n) is 16.6. The predicted octanol–water partition coefficient (Wildman–Crippen LogP) is 4.12. The van der Waals surface area contributed by atoms with E-state index >= 15 is 0 Å². The van der Waals surface area contributed by atoms with Gasteiger partial charge in [0.1, 0.15) is 24.8 Å². The highest BCUT2D eigenvalue weighted by atomic mass is 16.7. The molecule has 1 aliphatic rings. The molecule has 3 rings (SSSR count). The molecule has 1 saturated heterocycles. The van der Waals surface area contributed by atoms with Crippen molar-refractivity contribution in [2.45, 2.75) is 26.1 Å². The number of rotatable bonds is 6. The molecule has 0 radical (unpaired) electrons. The van der Waals surface area contributed by atoms with Gasteiger partial charge in [0.15, 0.2) is 11.5 Å². The van der Waals surface area contributed by atoms with Gasteiger partial charge in [-0.25, -0.2) is 0 Å². The Morgan fingerprint density at radius 3 is 1.89 bits per heavy atom. The molecule has 6 nitrogen and oxygen atoms in total. The lowest BCUT2D eigenvalue weighted by Gasteiger charge is -2.23. The van der Waals surface area contributed by atoms with Crippen LogP contribution in [0.25, 0.3) is 0 Å². The van der Waals surface area contributed by atoms with Gasteiger partial charge in [-0.2, -0.15) is 0 Å². The highest BCUT2D eigenvalue weighted by molar-refractivity contribution is 5.55. The van der Waals surface area contributed by atoms with Crippen molar-refractivity contribution in [1.29, 1.82) is 0 Å². The summed E-state index contributed by atoms with van der Waals surface area (Å²) in [5.74, 6) is 2.59. The Hall–Kier alpha value is -2.44. The lowest BCUT2D eigenvalue weighted by Crippen LogP contribution is -2.10. The summed E-state index contributed by atoms with van der Waals surface area (Å²) in [4.78, 5) is 0. The molecular weight excluding hydrogens is 348 g/mol. The normalized spacial score (nSPS) is 19.0. The zero-order chi connectivity index (χ0) is 19.6. The van der Waals surface area contributed by atoms with Gasteiger partial charge in [-0.05, 0) is 54.3 Å². The van der Waals surface area contributed by atoms with Gasteiger partial charge in [0.05, 0.1) is 28.4 Å². The Bertz CT molecular complexity index is 792. The maximum Gasteiger partial charge on any atom is 0.203 e. The van der Waals surface area contributed by atoms with Crippen molar-refractivity contribution < 1.29 is 28.4 Å². The third-order valence-corrected chi connectivity index (χ3v) is 5.09. The maximum atomic E-state index is 5.94. The van der Waals surface area contributed by atoms with E-state index in [-0.39, 0.29) is 19.0 Å². The van der Waals surface area contributed by atoms with Crippen LogP contribution in [0.5, 0.6) is 23.0 Å². The Kier molecular flexibility index (Phi) is 5.77. The fourth-order valence-corrected chi connectivity index (χ4v) is 3.50. The molecule has 146 valence electrons. The molecule has 0 spiro atoms. The minimum atomic E-state index is -0.287. The van der Waals surface area contributed by atoms with Crippen LogP contribution in [0.2, 0.25) is 0 Å². The van der Waals surface area contributed by atoms with Crippen LogP contribution in [-0.2, 0) is 9.47 Å². The summed E-state index contributed by atoms with van der Waals surface area (Å²) in [6, 6.07) is 7.80. The number of hydrogen-bond donors (Lipinski definition) is 0. The van der Waals surface area contributed by atoms with Crippen molar-refractivity contribution in [3.05, 3.63) is 46.5 Å². The summed E-state index contributed by atoms with van der Waals surface area (Å²) in [7, 11) is 6.46. The molecule has 27 heavy (non-hydrogen) atoms. The van der Waals surface area contributed by atoms with Gasteiger partial charge in [-0.3, -0.25) is 0 Å². The van der Waals surface area contributed by atoms with Crippen LogP contribution in [0.1, 0.15) is 34.5 Å². The van der Waals surface area contributed by atoms with E-state index in [0.29, 0.717) is 17.2 Å². The minimum Gasteiger partial charge on any atom is -0.496 e. The van der Waals surface area contributed by atoms with Crippen molar-refractivity contribution >= 4 is 0 Å². The number of hydrogen-bond acceptors (Lipinski definition) is 6. The van der Waals surface area contributed by atoms with Crippen molar-refractivity contribution in [3.63, 3.8) is 0 Å². The summed E-state index contributed by atoms with van der Waals surface area (Å²) in [6.07, 6.45) is -0.525. The first kappa shape index (κ1) is 19.3. The van der Waals surface area contributed by atoms with Crippen LogP contribution < -0.4 is 18.9 Å².